The Kier molecular flexibility index (Phi) is 10.6. The van der Waals surface area contributed by atoms with Crippen LogP contribution in [0.4, 0.5) is 4.39 Å². The molecule has 2 aromatic carbocycles. The molecular weight excluding hydrogens is 513 g/mol. The Morgan fingerprint density at radius 2 is 1.85 bits per heavy atom. The van der Waals surface area contributed by atoms with Gasteiger partial charge in [0, 0.05) is 29.7 Å². The highest BCUT2D eigenvalue weighted by Gasteiger charge is 2.25. The molecule has 1 saturated heterocycles. The molecular formula is C35H46FN3O2. The zero-order valence-corrected chi connectivity index (χ0v) is 25.3. The SMILES string of the molecule is CC/C=C(\C=C(C)C)c1[nH]c2ccc(C3CCN(CC(=O)N(CCO)Cc4ccc(F)cc4)CC3)cc2c1C(C)C. The van der Waals surface area contributed by atoms with Crippen LogP contribution in [0.15, 0.2) is 60.2 Å². The van der Waals surface area contributed by atoms with E-state index in [1.165, 1.54) is 51.0 Å². The predicted molar refractivity (Wildman–Crippen MR) is 167 cm³/mol. The number of carbonyl (C=O) groups excluding carboxylic acids is 1. The van der Waals surface area contributed by atoms with E-state index in [1.807, 2.05) is 0 Å². The van der Waals surface area contributed by atoms with Gasteiger partial charge in [-0.1, -0.05) is 56.7 Å². The lowest BCUT2D eigenvalue weighted by Crippen LogP contribution is -2.43. The summed E-state index contributed by atoms with van der Waals surface area (Å²) < 4.78 is 13.3. The smallest absolute Gasteiger partial charge is 0.237 e. The number of fused-ring (bicyclic) bond motifs is 1. The van der Waals surface area contributed by atoms with E-state index in [-0.39, 0.29) is 24.9 Å². The van der Waals surface area contributed by atoms with Gasteiger partial charge in [0.1, 0.15) is 5.82 Å². The molecule has 6 heteroatoms. The van der Waals surface area contributed by atoms with Crippen LogP contribution in [0.5, 0.6) is 0 Å². The van der Waals surface area contributed by atoms with Crippen molar-refractivity contribution in [1.29, 1.82) is 0 Å². The van der Waals surface area contributed by atoms with Crippen LogP contribution < -0.4 is 0 Å². The van der Waals surface area contributed by atoms with Gasteiger partial charge in [0.25, 0.3) is 0 Å². The zero-order chi connectivity index (χ0) is 29.5. The summed E-state index contributed by atoms with van der Waals surface area (Å²) in [5, 5.41) is 10.8. The lowest BCUT2D eigenvalue weighted by atomic mass is 9.87. The molecule has 0 saturated carbocycles. The number of benzene rings is 2. The van der Waals surface area contributed by atoms with E-state index in [0.717, 1.165) is 37.9 Å². The number of nitrogens with one attached hydrogen (secondary N) is 1. The largest absolute Gasteiger partial charge is 0.395 e. The number of amides is 1. The second-order valence-corrected chi connectivity index (χ2v) is 11.9. The third kappa shape index (κ3) is 7.75. The first-order valence-corrected chi connectivity index (χ1v) is 15.1. The van der Waals surface area contributed by atoms with Gasteiger partial charge < -0.3 is 15.0 Å². The van der Waals surface area contributed by atoms with Gasteiger partial charge in [-0.05, 0) is 105 Å². The Morgan fingerprint density at radius 1 is 1.15 bits per heavy atom. The lowest BCUT2D eigenvalue weighted by molar-refractivity contribution is -0.133. The molecule has 0 atom stereocenters. The molecule has 1 aliphatic heterocycles. The zero-order valence-electron chi connectivity index (χ0n) is 25.3. The Labute approximate surface area is 244 Å². The number of rotatable bonds is 11. The maximum Gasteiger partial charge on any atom is 0.237 e. The summed E-state index contributed by atoms with van der Waals surface area (Å²) in [5.41, 5.74) is 8.58. The fourth-order valence-corrected chi connectivity index (χ4v) is 6.01. The predicted octanol–water partition coefficient (Wildman–Crippen LogP) is 7.39. The maximum absolute atomic E-state index is 13.3. The molecule has 1 aliphatic rings. The van der Waals surface area contributed by atoms with Crippen molar-refractivity contribution in [3.63, 3.8) is 0 Å². The van der Waals surface area contributed by atoms with Crippen molar-refractivity contribution in [1.82, 2.24) is 14.8 Å². The van der Waals surface area contributed by atoms with E-state index >= 15 is 0 Å². The third-order valence-electron chi connectivity index (χ3n) is 8.02. The van der Waals surface area contributed by atoms with Crippen molar-refractivity contribution >= 4 is 22.4 Å². The number of aliphatic hydroxyl groups is 1. The number of aromatic nitrogens is 1. The fourth-order valence-electron chi connectivity index (χ4n) is 6.01. The average Bonchev–Trinajstić information content (AvgIpc) is 3.33. The molecule has 1 amide bonds. The number of aromatic amines is 1. The van der Waals surface area contributed by atoms with E-state index in [9.17, 15) is 14.3 Å². The molecule has 220 valence electrons. The van der Waals surface area contributed by atoms with Gasteiger partial charge in [-0.2, -0.15) is 0 Å². The van der Waals surface area contributed by atoms with Gasteiger partial charge in [-0.15, -0.1) is 0 Å². The Hall–Kier alpha value is -3.22. The van der Waals surface area contributed by atoms with Crippen molar-refractivity contribution in [3.8, 4) is 0 Å². The van der Waals surface area contributed by atoms with Crippen LogP contribution in [-0.2, 0) is 11.3 Å². The second-order valence-electron chi connectivity index (χ2n) is 11.9. The van der Waals surface area contributed by atoms with Crippen LogP contribution >= 0.6 is 0 Å². The van der Waals surface area contributed by atoms with Crippen LogP contribution in [0.3, 0.4) is 0 Å². The van der Waals surface area contributed by atoms with Gasteiger partial charge in [0.15, 0.2) is 0 Å². The summed E-state index contributed by atoms with van der Waals surface area (Å²) in [7, 11) is 0. The number of hydrogen-bond acceptors (Lipinski definition) is 3. The number of allylic oxidation sites excluding steroid dienone is 4. The van der Waals surface area contributed by atoms with Crippen molar-refractivity contribution in [2.75, 3.05) is 32.8 Å². The molecule has 41 heavy (non-hydrogen) atoms. The standard InChI is InChI=1S/C35H46FN3O2/c1-6-7-29(20-24(2)3)35-34(25(4)5)31-21-28(10-13-32(31)37-35)27-14-16-38(17-15-27)23-33(41)39(18-19-40)22-26-8-11-30(36)12-9-26/h7-13,20-21,25,27,37,40H,6,14-19,22-23H2,1-5H3/b29-7+. The molecule has 3 aromatic rings. The highest BCUT2D eigenvalue weighted by Crippen LogP contribution is 2.37. The van der Waals surface area contributed by atoms with Gasteiger partial charge in [0.2, 0.25) is 5.91 Å². The minimum absolute atomic E-state index is 0.00280. The molecule has 4 rings (SSSR count). The number of halogens is 1. The van der Waals surface area contributed by atoms with Crippen molar-refractivity contribution in [3.05, 3.63) is 88.4 Å². The number of piperidine rings is 1. The quantitative estimate of drug-likeness (QED) is 0.241. The van der Waals surface area contributed by atoms with Crippen molar-refractivity contribution in [2.45, 2.75) is 72.3 Å². The summed E-state index contributed by atoms with van der Waals surface area (Å²) in [6.07, 6.45) is 7.58. The van der Waals surface area contributed by atoms with E-state index in [2.05, 4.69) is 74.9 Å². The molecule has 0 unspecified atom stereocenters. The molecule has 5 nitrogen and oxygen atoms in total. The lowest BCUT2D eigenvalue weighted by Gasteiger charge is -2.33. The number of nitrogens with zero attached hydrogens (tertiary/aromatic N) is 2. The molecule has 0 aliphatic carbocycles. The van der Waals surface area contributed by atoms with E-state index in [0.29, 0.717) is 24.9 Å². The number of carbonyl (C=O) groups is 1. The summed E-state index contributed by atoms with van der Waals surface area (Å²) in [5.74, 6) is 0.553. The van der Waals surface area contributed by atoms with Gasteiger partial charge in [0.05, 0.1) is 13.2 Å². The molecule has 0 bridgehead atoms. The molecule has 0 spiro atoms. The second kappa shape index (κ2) is 14.1. The Bertz CT molecular complexity index is 1370. The monoisotopic (exact) mass is 559 g/mol. The third-order valence-corrected chi connectivity index (χ3v) is 8.02. The number of H-pyrrole nitrogens is 1. The summed E-state index contributed by atoms with van der Waals surface area (Å²) in [4.78, 5) is 20.8. The normalized spacial score (nSPS) is 15.1. The molecule has 2 heterocycles. The Balaban J connectivity index is 1.45. The van der Waals surface area contributed by atoms with Crippen LogP contribution in [-0.4, -0.2) is 58.6 Å². The average molecular weight is 560 g/mol. The van der Waals surface area contributed by atoms with Gasteiger partial charge in [-0.3, -0.25) is 9.69 Å². The van der Waals surface area contributed by atoms with Crippen molar-refractivity contribution in [2.24, 2.45) is 0 Å². The topological polar surface area (TPSA) is 59.6 Å². The number of likely N-dealkylation sites (tertiary alicyclic amines) is 1. The van der Waals surface area contributed by atoms with E-state index < -0.39 is 0 Å². The summed E-state index contributed by atoms with van der Waals surface area (Å²) in [6.45, 7) is 13.6. The molecule has 2 N–H and O–H groups in total. The van der Waals surface area contributed by atoms with E-state index in [4.69, 9.17) is 0 Å². The first kappa shape index (κ1) is 30.7. The summed E-state index contributed by atoms with van der Waals surface area (Å²) in [6, 6.07) is 13.1. The fraction of sp³-hybridized carbons (Fsp3) is 0.457. The van der Waals surface area contributed by atoms with Gasteiger partial charge >= 0.3 is 0 Å². The highest BCUT2D eigenvalue weighted by atomic mass is 19.1. The van der Waals surface area contributed by atoms with Gasteiger partial charge in [-0.25, -0.2) is 4.39 Å². The van der Waals surface area contributed by atoms with E-state index in [1.54, 1.807) is 17.0 Å². The van der Waals surface area contributed by atoms with Crippen LogP contribution in [0.2, 0.25) is 0 Å². The van der Waals surface area contributed by atoms with Crippen LogP contribution in [0, 0.1) is 5.82 Å². The maximum atomic E-state index is 13.3. The number of aliphatic hydroxyl groups excluding tert-OH is 1. The molecule has 1 fully saturated rings. The highest BCUT2D eigenvalue weighted by molar-refractivity contribution is 5.92. The number of hydrogen-bond donors (Lipinski definition) is 2. The first-order valence-electron chi connectivity index (χ1n) is 15.1. The molecule has 0 radical (unpaired) electrons. The minimum Gasteiger partial charge on any atom is -0.395 e. The van der Waals surface area contributed by atoms with Crippen LogP contribution in [0.1, 0.15) is 88.1 Å². The van der Waals surface area contributed by atoms with Crippen molar-refractivity contribution < 1.29 is 14.3 Å². The minimum atomic E-state index is -0.296. The summed E-state index contributed by atoms with van der Waals surface area (Å²) >= 11 is 0. The molecule has 1 aromatic heterocycles. The Morgan fingerprint density at radius 3 is 2.46 bits per heavy atom. The van der Waals surface area contributed by atoms with Crippen LogP contribution in [0.25, 0.3) is 16.5 Å². The first-order chi connectivity index (χ1) is 19.7.